The van der Waals surface area contributed by atoms with E-state index in [1.54, 1.807) is 5.51 Å². The van der Waals surface area contributed by atoms with Gasteiger partial charge in [-0.25, -0.2) is 0 Å². The lowest BCUT2D eigenvalue weighted by Gasteiger charge is -2.09. The Bertz CT molecular complexity index is 398. The van der Waals surface area contributed by atoms with E-state index in [0.29, 0.717) is 0 Å². The molecule has 0 spiro atoms. The Morgan fingerprint density at radius 3 is 2.93 bits per heavy atom. The zero-order chi connectivity index (χ0) is 9.97. The van der Waals surface area contributed by atoms with Crippen LogP contribution < -0.4 is 5.32 Å². The molecule has 1 unspecified atom stereocenters. The highest BCUT2D eigenvalue weighted by Gasteiger charge is 2.08. The molecule has 3 nitrogen and oxygen atoms in total. The van der Waals surface area contributed by atoms with Crippen molar-refractivity contribution in [3.8, 4) is 0 Å². The first kappa shape index (κ1) is 9.89. The van der Waals surface area contributed by atoms with Crippen molar-refractivity contribution in [3.05, 3.63) is 26.9 Å². The molecular formula is C8H8ClN3S2. The highest BCUT2D eigenvalue weighted by Crippen LogP contribution is 2.27. The molecule has 1 N–H and O–H groups in total. The molecule has 0 aliphatic heterocycles. The van der Waals surface area contributed by atoms with Crippen molar-refractivity contribution < 1.29 is 0 Å². The average molecular weight is 246 g/mol. The Hall–Kier alpha value is -0.650. The molecule has 2 rings (SSSR count). The molecule has 74 valence electrons. The minimum Gasteiger partial charge on any atom is -0.354 e. The van der Waals surface area contributed by atoms with Crippen molar-refractivity contribution in [3.63, 3.8) is 0 Å². The molecule has 2 heterocycles. The highest BCUT2D eigenvalue weighted by atomic mass is 35.5. The Labute approximate surface area is 94.8 Å². The Balaban J connectivity index is 2.06. The van der Waals surface area contributed by atoms with Gasteiger partial charge < -0.3 is 5.32 Å². The molecule has 0 amide bonds. The number of anilines is 1. The normalized spacial score (nSPS) is 12.7. The summed E-state index contributed by atoms with van der Waals surface area (Å²) in [4.78, 5) is 0. The van der Waals surface area contributed by atoms with E-state index in [1.807, 2.05) is 11.4 Å². The zero-order valence-corrected chi connectivity index (χ0v) is 9.79. The summed E-state index contributed by atoms with van der Waals surface area (Å²) in [5, 5.41) is 13.8. The molecule has 0 fully saturated rings. The molecule has 0 saturated carbocycles. The lowest BCUT2D eigenvalue weighted by Crippen LogP contribution is -2.04. The van der Waals surface area contributed by atoms with E-state index in [2.05, 4.69) is 22.4 Å². The molecule has 0 aliphatic rings. The van der Waals surface area contributed by atoms with Gasteiger partial charge in [-0.05, 0) is 23.9 Å². The predicted molar refractivity (Wildman–Crippen MR) is 61.3 cm³/mol. The molecule has 1 atom stereocenters. The second kappa shape index (κ2) is 4.25. The third-order valence-corrected chi connectivity index (χ3v) is 3.52. The van der Waals surface area contributed by atoms with Crippen LogP contribution in [-0.4, -0.2) is 10.2 Å². The number of thiophene rings is 1. The molecular weight excluding hydrogens is 238 g/mol. The molecule has 2 aromatic heterocycles. The number of nitrogens with one attached hydrogen (secondary N) is 1. The third kappa shape index (κ3) is 2.23. The van der Waals surface area contributed by atoms with Crippen molar-refractivity contribution in [2.75, 3.05) is 5.32 Å². The van der Waals surface area contributed by atoms with Gasteiger partial charge in [0.1, 0.15) is 5.51 Å². The van der Waals surface area contributed by atoms with Gasteiger partial charge in [-0.1, -0.05) is 22.9 Å². The predicted octanol–water partition coefficient (Wildman–Crippen LogP) is 3.43. The number of hydrogen-bond acceptors (Lipinski definition) is 5. The fraction of sp³-hybridized carbons (Fsp3) is 0.250. The van der Waals surface area contributed by atoms with Gasteiger partial charge in [0.2, 0.25) is 5.13 Å². The van der Waals surface area contributed by atoms with E-state index in [0.717, 1.165) is 9.47 Å². The molecule has 6 heteroatoms. The van der Waals surface area contributed by atoms with Gasteiger partial charge in [-0.15, -0.1) is 21.5 Å². The van der Waals surface area contributed by atoms with E-state index in [-0.39, 0.29) is 6.04 Å². The van der Waals surface area contributed by atoms with Crippen LogP contribution in [0.1, 0.15) is 18.5 Å². The van der Waals surface area contributed by atoms with Crippen LogP contribution in [0.25, 0.3) is 0 Å². The van der Waals surface area contributed by atoms with Crippen molar-refractivity contribution in [2.45, 2.75) is 13.0 Å². The van der Waals surface area contributed by atoms with E-state index in [1.165, 1.54) is 28.2 Å². The average Bonchev–Trinajstić information content (AvgIpc) is 2.75. The van der Waals surface area contributed by atoms with Gasteiger partial charge in [-0.3, -0.25) is 0 Å². The van der Waals surface area contributed by atoms with Crippen molar-refractivity contribution in [1.82, 2.24) is 10.2 Å². The van der Waals surface area contributed by atoms with Crippen molar-refractivity contribution in [2.24, 2.45) is 0 Å². The van der Waals surface area contributed by atoms with Gasteiger partial charge in [0.15, 0.2) is 0 Å². The van der Waals surface area contributed by atoms with Crippen LogP contribution in [0.3, 0.4) is 0 Å². The molecule has 0 bridgehead atoms. The van der Waals surface area contributed by atoms with Gasteiger partial charge in [0.25, 0.3) is 0 Å². The summed E-state index contributed by atoms with van der Waals surface area (Å²) in [5.41, 5.74) is 2.88. The molecule has 0 saturated heterocycles. The van der Waals surface area contributed by atoms with Gasteiger partial charge in [-0.2, -0.15) is 0 Å². The lowest BCUT2D eigenvalue weighted by atomic mass is 10.2. The number of aromatic nitrogens is 2. The first-order valence-electron chi connectivity index (χ1n) is 4.02. The minimum atomic E-state index is 0.215. The van der Waals surface area contributed by atoms with E-state index >= 15 is 0 Å². The highest BCUT2D eigenvalue weighted by molar-refractivity contribution is 7.14. The summed E-state index contributed by atoms with van der Waals surface area (Å²) in [6, 6.07) is 2.18. The van der Waals surface area contributed by atoms with E-state index in [9.17, 15) is 0 Å². The number of rotatable bonds is 3. The second-order valence-electron chi connectivity index (χ2n) is 2.79. The summed E-state index contributed by atoms with van der Waals surface area (Å²) >= 11 is 8.88. The maximum atomic E-state index is 5.85. The summed E-state index contributed by atoms with van der Waals surface area (Å²) in [6.07, 6.45) is 0. The Kier molecular flexibility index (Phi) is 3.00. The quantitative estimate of drug-likeness (QED) is 0.900. The smallest absolute Gasteiger partial charge is 0.205 e. The van der Waals surface area contributed by atoms with Crippen LogP contribution in [-0.2, 0) is 0 Å². The fourth-order valence-corrected chi connectivity index (χ4v) is 2.57. The van der Waals surface area contributed by atoms with Gasteiger partial charge in [0, 0.05) is 0 Å². The third-order valence-electron chi connectivity index (χ3n) is 1.79. The molecule has 2 aromatic rings. The first-order valence-corrected chi connectivity index (χ1v) is 6.16. The van der Waals surface area contributed by atoms with Crippen molar-refractivity contribution in [1.29, 1.82) is 0 Å². The van der Waals surface area contributed by atoms with Crippen LogP contribution in [0.2, 0.25) is 4.34 Å². The SMILES string of the molecule is CC(Nc1nncs1)c1csc(Cl)c1. The molecule has 0 radical (unpaired) electrons. The maximum absolute atomic E-state index is 5.85. The van der Waals surface area contributed by atoms with E-state index < -0.39 is 0 Å². The summed E-state index contributed by atoms with van der Waals surface area (Å²) in [6.45, 7) is 2.07. The van der Waals surface area contributed by atoms with Crippen molar-refractivity contribution >= 4 is 39.4 Å². The number of nitrogens with zero attached hydrogens (tertiary/aromatic N) is 2. The summed E-state index contributed by atoms with van der Waals surface area (Å²) in [5.74, 6) is 0. The first-order chi connectivity index (χ1) is 6.75. The number of halogens is 1. The minimum absolute atomic E-state index is 0.215. The number of hydrogen-bond donors (Lipinski definition) is 1. The Morgan fingerprint density at radius 2 is 2.36 bits per heavy atom. The van der Waals surface area contributed by atoms with Crippen LogP contribution in [0.15, 0.2) is 17.0 Å². The van der Waals surface area contributed by atoms with Crippen LogP contribution >= 0.6 is 34.3 Å². The largest absolute Gasteiger partial charge is 0.354 e. The molecule has 0 aliphatic carbocycles. The monoisotopic (exact) mass is 245 g/mol. The Morgan fingerprint density at radius 1 is 1.50 bits per heavy atom. The summed E-state index contributed by atoms with van der Waals surface area (Å²) < 4.78 is 0.811. The van der Waals surface area contributed by atoms with Crippen LogP contribution in [0.5, 0.6) is 0 Å². The fourth-order valence-electron chi connectivity index (χ4n) is 1.05. The van der Waals surface area contributed by atoms with Crippen LogP contribution in [0.4, 0.5) is 5.13 Å². The second-order valence-corrected chi connectivity index (χ2v) is 5.17. The molecule has 0 aromatic carbocycles. The van der Waals surface area contributed by atoms with E-state index in [4.69, 9.17) is 11.6 Å². The lowest BCUT2D eigenvalue weighted by molar-refractivity contribution is 0.879. The standard InChI is InChI=1S/C8H8ClN3S2/c1-5(6-2-7(9)13-3-6)11-8-12-10-4-14-8/h2-5H,1H3,(H,11,12). The summed E-state index contributed by atoms with van der Waals surface area (Å²) in [7, 11) is 0. The zero-order valence-electron chi connectivity index (χ0n) is 7.40. The van der Waals surface area contributed by atoms with Crippen LogP contribution in [0, 0.1) is 0 Å². The topological polar surface area (TPSA) is 37.8 Å². The maximum Gasteiger partial charge on any atom is 0.205 e. The van der Waals surface area contributed by atoms with Gasteiger partial charge >= 0.3 is 0 Å². The van der Waals surface area contributed by atoms with Gasteiger partial charge in [0.05, 0.1) is 10.4 Å². The molecule has 14 heavy (non-hydrogen) atoms.